The Bertz CT molecular complexity index is 919. The summed E-state index contributed by atoms with van der Waals surface area (Å²) < 4.78 is 40.3. The molecule has 0 radical (unpaired) electrons. The van der Waals surface area contributed by atoms with E-state index >= 15 is 0 Å². The van der Waals surface area contributed by atoms with Crippen LogP contribution in [0.5, 0.6) is 5.75 Å². The molecule has 0 unspecified atom stereocenters. The van der Waals surface area contributed by atoms with E-state index in [9.17, 15) is 18.4 Å². The van der Waals surface area contributed by atoms with Gasteiger partial charge in [-0.05, 0) is 26.7 Å². The van der Waals surface area contributed by atoms with Gasteiger partial charge in [0.25, 0.3) is 0 Å². The number of hydrogen-bond acceptors (Lipinski definition) is 5. The van der Waals surface area contributed by atoms with E-state index in [1.807, 2.05) is 0 Å². The van der Waals surface area contributed by atoms with Gasteiger partial charge in [0.15, 0.2) is 11.6 Å². The minimum Gasteiger partial charge on any atom is -0.489 e. The molecule has 6 nitrogen and oxygen atoms in total. The van der Waals surface area contributed by atoms with Gasteiger partial charge >= 0.3 is 5.97 Å². The van der Waals surface area contributed by atoms with E-state index < -0.39 is 28.7 Å². The lowest BCUT2D eigenvalue weighted by atomic mass is 10.1. The molecule has 2 aromatic rings. The average molecular weight is 352 g/mol. The lowest BCUT2D eigenvalue weighted by Crippen LogP contribution is -2.23. The van der Waals surface area contributed by atoms with E-state index in [2.05, 4.69) is 0 Å². The van der Waals surface area contributed by atoms with E-state index in [0.717, 1.165) is 12.8 Å². The van der Waals surface area contributed by atoms with E-state index in [4.69, 9.17) is 15.2 Å². The van der Waals surface area contributed by atoms with Crippen LogP contribution in [0.4, 0.5) is 14.5 Å². The minimum absolute atomic E-state index is 0.0419. The summed E-state index contributed by atoms with van der Waals surface area (Å²) in [5.74, 6) is -3.81. The van der Waals surface area contributed by atoms with Gasteiger partial charge in [0.05, 0.1) is 24.3 Å². The number of nitrogen functional groups attached to an aromatic ring is 1. The molecule has 134 valence electrons. The van der Waals surface area contributed by atoms with Crippen molar-refractivity contribution in [3.05, 3.63) is 33.6 Å². The Hall–Kier alpha value is -2.64. The maximum atomic E-state index is 14.4. The summed E-state index contributed by atoms with van der Waals surface area (Å²) in [7, 11) is 0. The second kappa shape index (κ2) is 6.34. The Morgan fingerprint density at radius 1 is 1.28 bits per heavy atom. The summed E-state index contributed by atoms with van der Waals surface area (Å²) in [5, 5.41) is -0.264. The zero-order chi connectivity index (χ0) is 18.3. The number of hydrogen-bond donors (Lipinski definition) is 1. The third-order valence-electron chi connectivity index (χ3n) is 4.07. The van der Waals surface area contributed by atoms with Crippen molar-refractivity contribution in [1.29, 1.82) is 0 Å². The summed E-state index contributed by atoms with van der Waals surface area (Å²) in [5.41, 5.74) is 4.05. The van der Waals surface area contributed by atoms with Gasteiger partial charge in [-0.25, -0.2) is 9.18 Å². The van der Waals surface area contributed by atoms with Crippen molar-refractivity contribution in [2.24, 2.45) is 0 Å². The van der Waals surface area contributed by atoms with Gasteiger partial charge < -0.3 is 19.8 Å². The van der Waals surface area contributed by atoms with Gasteiger partial charge in [-0.2, -0.15) is 4.39 Å². The first-order valence-electron chi connectivity index (χ1n) is 8.07. The number of nitrogens with two attached hydrogens (primary N) is 1. The smallest absolute Gasteiger partial charge is 0.343 e. The van der Waals surface area contributed by atoms with Crippen LogP contribution in [0.25, 0.3) is 10.9 Å². The largest absolute Gasteiger partial charge is 0.489 e. The van der Waals surface area contributed by atoms with Crippen molar-refractivity contribution in [3.8, 4) is 5.75 Å². The second-order valence-corrected chi connectivity index (χ2v) is 5.76. The lowest BCUT2D eigenvalue weighted by molar-refractivity contribution is 0.0524. The third kappa shape index (κ3) is 2.71. The molecular weight excluding hydrogens is 334 g/mol. The predicted molar refractivity (Wildman–Crippen MR) is 87.9 cm³/mol. The standard InChI is InChI=1S/C17H18F2N2O4/c1-3-24-16-12(19)11(18)13(20)10-14(16)21(8-5-6-8)7-9(15(10)22)17(23)25-4-2/h7-8H,3-6,20H2,1-2H3. The molecule has 0 bridgehead atoms. The number of aromatic nitrogens is 1. The Balaban J connectivity index is 2.46. The number of anilines is 1. The average Bonchev–Trinajstić information content (AvgIpc) is 3.41. The number of benzene rings is 1. The number of fused-ring (bicyclic) bond motifs is 1. The zero-order valence-corrected chi connectivity index (χ0v) is 13.9. The number of nitrogens with zero attached hydrogens (tertiary/aromatic N) is 1. The van der Waals surface area contributed by atoms with Crippen LogP contribution >= 0.6 is 0 Å². The number of carbonyl (C=O) groups excluding carboxylic acids is 1. The Kier molecular flexibility index (Phi) is 4.36. The van der Waals surface area contributed by atoms with Crippen LogP contribution in [-0.4, -0.2) is 23.8 Å². The molecule has 0 spiro atoms. The van der Waals surface area contributed by atoms with Gasteiger partial charge in [-0.15, -0.1) is 0 Å². The lowest BCUT2D eigenvalue weighted by Gasteiger charge is -2.18. The monoisotopic (exact) mass is 352 g/mol. The van der Waals surface area contributed by atoms with E-state index in [-0.39, 0.29) is 41.5 Å². The fourth-order valence-corrected chi connectivity index (χ4v) is 2.82. The highest BCUT2D eigenvalue weighted by Gasteiger charge is 2.32. The molecule has 0 saturated heterocycles. The van der Waals surface area contributed by atoms with Crippen LogP contribution in [0.2, 0.25) is 0 Å². The molecule has 0 aliphatic heterocycles. The van der Waals surface area contributed by atoms with Crippen LogP contribution in [0, 0.1) is 11.6 Å². The maximum absolute atomic E-state index is 14.4. The number of halogens is 2. The second-order valence-electron chi connectivity index (χ2n) is 5.76. The molecule has 0 amide bonds. The molecule has 1 fully saturated rings. The number of pyridine rings is 1. The van der Waals surface area contributed by atoms with Crippen molar-refractivity contribution in [2.75, 3.05) is 18.9 Å². The summed E-state index contributed by atoms with van der Waals surface area (Å²) in [6, 6.07) is -0.0419. The van der Waals surface area contributed by atoms with Crippen LogP contribution in [0.15, 0.2) is 11.0 Å². The molecule has 1 aliphatic carbocycles. The normalized spacial score (nSPS) is 13.9. The fraction of sp³-hybridized carbons (Fsp3) is 0.412. The van der Waals surface area contributed by atoms with Crippen molar-refractivity contribution in [1.82, 2.24) is 4.57 Å². The number of ether oxygens (including phenoxy) is 2. The van der Waals surface area contributed by atoms with E-state index in [0.29, 0.717) is 0 Å². The molecule has 1 aliphatic rings. The first-order valence-corrected chi connectivity index (χ1v) is 8.07. The van der Waals surface area contributed by atoms with Gasteiger partial charge in [0, 0.05) is 12.2 Å². The number of rotatable bonds is 5. The summed E-state index contributed by atoms with van der Waals surface area (Å²) in [6.07, 6.45) is 2.88. The summed E-state index contributed by atoms with van der Waals surface area (Å²) >= 11 is 0. The van der Waals surface area contributed by atoms with Gasteiger partial charge in [0.1, 0.15) is 11.1 Å². The molecular formula is C17H18F2N2O4. The molecule has 2 N–H and O–H groups in total. The molecule has 1 aromatic carbocycles. The molecule has 1 aromatic heterocycles. The molecule has 8 heteroatoms. The topological polar surface area (TPSA) is 83.6 Å². The van der Waals surface area contributed by atoms with Crippen LogP contribution < -0.4 is 15.9 Å². The third-order valence-corrected chi connectivity index (χ3v) is 4.07. The van der Waals surface area contributed by atoms with Crippen molar-refractivity contribution < 1.29 is 23.0 Å². The molecule has 1 saturated carbocycles. The quantitative estimate of drug-likeness (QED) is 0.661. The predicted octanol–water partition coefficient (Wildman–Crippen LogP) is 2.77. The first kappa shape index (κ1) is 17.2. The Morgan fingerprint density at radius 2 is 1.96 bits per heavy atom. The SMILES string of the molecule is CCOC(=O)c1cn(C2CC2)c2c(OCC)c(F)c(F)c(N)c2c1=O. The summed E-state index contributed by atoms with van der Waals surface area (Å²) in [6.45, 7) is 3.38. The Labute approximate surface area is 142 Å². The minimum atomic E-state index is -1.36. The fourth-order valence-electron chi connectivity index (χ4n) is 2.82. The van der Waals surface area contributed by atoms with Crippen molar-refractivity contribution in [2.45, 2.75) is 32.7 Å². The molecule has 25 heavy (non-hydrogen) atoms. The van der Waals surface area contributed by atoms with Crippen molar-refractivity contribution >= 4 is 22.6 Å². The highest BCUT2D eigenvalue weighted by Crippen LogP contribution is 2.42. The number of esters is 1. The van der Waals surface area contributed by atoms with Gasteiger partial charge in [-0.1, -0.05) is 0 Å². The number of carbonyl (C=O) groups is 1. The zero-order valence-electron chi connectivity index (χ0n) is 13.9. The van der Waals surface area contributed by atoms with E-state index in [1.165, 1.54) is 6.20 Å². The first-order chi connectivity index (χ1) is 11.9. The Morgan fingerprint density at radius 3 is 2.52 bits per heavy atom. The van der Waals surface area contributed by atoms with Crippen LogP contribution in [0.3, 0.4) is 0 Å². The molecule has 0 atom stereocenters. The highest BCUT2D eigenvalue weighted by atomic mass is 19.2. The highest BCUT2D eigenvalue weighted by molar-refractivity contribution is 6.00. The molecule has 3 rings (SSSR count). The van der Waals surface area contributed by atoms with E-state index in [1.54, 1.807) is 18.4 Å². The van der Waals surface area contributed by atoms with Crippen molar-refractivity contribution in [3.63, 3.8) is 0 Å². The van der Waals surface area contributed by atoms with Gasteiger partial charge in [0.2, 0.25) is 11.2 Å². The maximum Gasteiger partial charge on any atom is 0.343 e. The van der Waals surface area contributed by atoms with Crippen LogP contribution in [0.1, 0.15) is 43.1 Å². The summed E-state index contributed by atoms with van der Waals surface area (Å²) in [4.78, 5) is 24.8. The molecule has 1 heterocycles. The van der Waals surface area contributed by atoms with Gasteiger partial charge in [-0.3, -0.25) is 4.79 Å². The van der Waals surface area contributed by atoms with Crippen LogP contribution in [-0.2, 0) is 4.74 Å².